The Morgan fingerprint density at radius 2 is 0.961 bits per heavy atom. The zero-order valence-electron chi connectivity index (χ0n) is 27.4. The molecule has 4 aliphatic rings. The van der Waals surface area contributed by atoms with Crippen LogP contribution in [0.25, 0.3) is 0 Å². The van der Waals surface area contributed by atoms with Crippen LogP contribution in [0, 0.1) is 0 Å². The molecule has 23 nitrogen and oxygen atoms in total. The Kier molecular flexibility index (Phi) is 14.8. The summed E-state index contributed by atoms with van der Waals surface area (Å²) in [5.74, 6) is -1.41. The highest BCUT2D eigenvalue weighted by Crippen LogP contribution is 2.32. The first-order chi connectivity index (χ1) is 24.0. The first-order valence-corrected chi connectivity index (χ1v) is 16.1. The zero-order chi connectivity index (χ0) is 37.9. The Hall–Kier alpha value is -1.82. The molecule has 0 aromatic rings. The van der Waals surface area contributed by atoms with Gasteiger partial charge in [0.1, 0.15) is 97.5 Å². The van der Waals surface area contributed by atoms with Crippen LogP contribution in [-0.4, -0.2) is 222 Å². The molecule has 0 radical (unpaired) electrons. The van der Waals surface area contributed by atoms with Gasteiger partial charge in [-0.1, -0.05) is 0 Å². The van der Waals surface area contributed by atoms with Crippen LogP contribution < -0.4 is 10.6 Å². The van der Waals surface area contributed by atoms with Gasteiger partial charge in [-0.15, -0.1) is 0 Å². The molecule has 4 aliphatic heterocycles. The van der Waals surface area contributed by atoms with E-state index < -0.39 is 161 Å². The average molecular weight is 749 g/mol. The van der Waals surface area contributed by atoms with E-state index in [0.717, 1.165) is 13.8 Å². The largest absolute Gasteiger partial charge is 0.394 e. The maximum absolute atomic E-state index is 12.1. The van der Waals surface area contributed by atoms with Crippen molar-refractivity contribution in [3.05, 3.63) is 0 Å². The van der Waals surface area contributed by atoms with E-state index in [0.29, 0.717) is 0 Å². The first kappa shape index (κ1) is 41.9. The molecule has 4 fully saturated rings. The summed E-state index contributed by atoms with van der Waals surface area (Å²) in [6, 6.07) is -3.01. The fourth-order valence-electron chi connectivity index (χ4n) is 6.25. The molecule has 0 aromatic carbocycles. The molecule has 0 aliphatic carbocycles. The van der Waals surface area contributed by atoms with Crippen molar-refractivity contribution in [3.8, 4) is 0 Å². The number of aliphatic hydroxyl groups is 12. The van der Waals surface area contributed by atoms with Crippen LogP contribution in [0.4, 0.5) is 0 Å². The zero-order valence-corrected chi connectivity index (χ0v) is 27.4. The highest BCUT2D eigenvalue weighted by molar-refractivity contribution is 5.73. The molecule has 0 aromatic heterocycles. The smallest absolute Gasteiger partial charge is 0.217 e. The Morgan fingerprint density at radius 3 is 1.43 bits per heavy atom. The van der Waals surface area contributed by atoms with Gasteiger partial charge in [-0.25, -0.2) is 0 Å². The molecule has 4 saturated heterocycles. The SMILES string of the molecule is CC(=O)NC1C(OCC2OC(O)C(NC(C)=O)C(OC3OC(CO)C(O)C(O)C3O)C2O)OC(CO)C(OC2OC(CO)C(O)C(O)C2O)C1O. The summed E-state index contributed by atoms with van der Waals surface area (Å²) in [4.78, 5) is 24.1. The van der Waals surface area contributed by atoms with Crippen LogP contribution in [0.15, 0.2) is 0 Å². The van der Waals surface area contributed by atoms with Crippen LogP contribution in [0.3, 0.4) is 0 Å². The third-order valence-electron chi connectivity index (χ3n) is 8.99. The number of hydrogen-bond donors (Lipinski definition) is 14. The maximum atomic E-state index is 12.1. The minimum Gasteiger partial charge on any atom is -0.394 e. The van der Waals surface area contributed by atoms with Gasteiger partial charge < -0.3 is 105 Å². The summed E-state index contributed by atoms with van der Waals surface area (Å²) in [5, 5.41) is 129. The van der Waals surface area contributed by atoms with E-state index >= 15 is 0 Å². The van der Waals surface area contributed by atoms with E-state index in [1.807, 2.05) is 0 Å². The number of nitrogens with one attached hydrogen (secondary N) is 2. The van der Waals surface area contributed by atoms with Crippen molar-refractivity contribution in [2.24, 2.45) is 0 Å². The summed E-state index contributed by atoms with van der Waals surface area (Å²) in [5.41, 5.74) is 0. The Balaban J connectivity index is 1.51. The van der Waals surface area contributed by atoms with Gasteiger partial charge in [-0.3, -0.25) is 9.59 Å². The summed E-state index contributed by atoms with van der Waals surface area (Å²) >= 11 is 0. The number of carbonyl (C=O) groups is 2. The fraction of sp³-hybridized carbons (Fsp3) is 0.929. The molecule has 0 saturated carbocycles. The number of aliphatic hydroxyl groups excluding tert-OH is 12. The number of hydrogen-bond acceptors (Lipinski definition) is 21. The fourth-order valence-corrected chi connectivity index (χ4v) is 6.25. The second-order valence-corrected chi connectivity index (χ2v) is 12.7. The average Bonchev–Trinajstić information content (AvgIpc) is 3.08. The maximum Gasteiger partial charge on any atom is 0.217 e. The molecule has 0 bridgehead atoms. The van der Waals surface area contributed by atoms with Crippen LogP contribution in [0.5, 0.6) is 0 Å². The third kappa shape index (κ3) is 9.29. The number of rotatable bonds is 12. The van der Waals surface area contributed by atoms with Gasteiger partial charge in [0.15, 0.2) is 25.2 Å². The molecule has 2 amide bonds. The predicted octanol–water partition coefficient (Wildman–Crippen LogP) is -9.46. The molecule has 23 heteroatoms. The van der Waals surface area contributed by atoms with Crippen molar-refractivity contribution in [2.45, 2.75) is 137 Å². The van der Waals surface area contributed by atoms with E-state index in [9.17, 15) is 70.9 Å². The number of amides is 2. The highest BCUT2D eigenvalue weighted by atomic mass is 16.7. The Morgan fingerprint density at radius 1 is 0.510 bits per heavy atom. The highest BCUT2D eigenvalue weighted by Gasteiger charge is 2.54. The third-order valence-corrected chi connectivity index (χ3v) is 8.99. The predicted molar refractivity (Wildman–Crippen MR) is 157 cm³/mol. The van der Waals surface area contributed by atoms with E-state index in [1.54, 1.807) is 0 Å². The van der Waals surface area contributed by atoms with Gasteiger partial charge >= 0.3 is 0 Å². The molecule has 14 N–H and O–H groups in total. The molecule has 0 spiro atoms. The lowest BCUT2D eigenvalue weighted by Gasteiger charge is -2.48. The van der Waals surface area contributed by atoms with Crippen LogP contribution in [0.1, 0.15) is 13.8 Å². The molecule has 4 rings (SSSR count). The van der Waals surface area contributed by atoms with E-state index in [2.05, 4.69) is 10.6 Å². The summed E-state index contributed by atoms with van der Waals surface area (Å²) in [7, 11) is 0. The lowest BCUT2D eigenvalue weighted by Crippen LogP contribution is -2.69. The van der Waals surface area contributed by atoms with E-state index in [-0.39, 0.29) is 0 Å². The topological polar surface area (TPSA) is 366 Å². The summed E-state index contributed by atoms with van der Waals surface area (Å²) < 4.78 is 39.0. The minimum atomic E-state index is -1.92. The van der Waals surface area contributed by atoms with Gasteiger partial charge in [0.05, 0.1) is 26.4 Å². The molecular formula is C28H48N2O21. The number of ether oxygens (including phenoxy) is 7. The number of carbonyl (C=O) groups excluding carboxylic acids is 2. The monoisotopic (exact) mass is 748 g/mol. The van der Waals surface area contributed by atoms with E-state index in [1.165, 1.54) is 0 Å². The van der Waals surface area contributed by atoms with Gasteiger partial charge in [0.2, 0.25) is 11.8 Å². The summed E-state index contributed by atoms with van der Waals surface area (Å²) in [6.07, 6.45) is -30.8. The van der Waals surface area contributed by atoms with Crippen molar-refractivity contribution < 1.29 is 104 Å². The second kappa shape index (κ2) is 18.0. The van der Waals surface area contributed by atoms with Crippen molar-refractivity contribution >= 4 is 11.8 Å². The van der Waals surface area contributed by atoms with Gasteiger partial charge in [-0.2, -0.15) is 0 Å². The van der Waals surface area contributed by atoms with Crippen LogP contribution >= 0.6 is 0 Å². The van der Waals surface area contributed by atoms with Crippen LogP contribution in [-0.2, 0) is 42.7 Å². The minimum absolute atomic E-state index is 0.703. The van der Waals surface area contributed by atoms with E-state index in [4.69, 9.17) is 33.2 Å². The molecule has 4 heterocycles. The molecule has 20 unspecified atom stereocenters. The van der Waals surface area contributed by atoms with Crippen molar-refractivity contribution in [1.82, 2.24) is 10.6 Å². The molecular weight excluding hydrogens is 700 g/mol. The van der Waals surface area contributed by atoms with Gasteiger partial charge in [0, 0.05) is 13.8 Å². The molecule has 296 valence electrons. The lowest BCUT2D eigenvalue weighted by molar-refractivity contribution is -0.356. The van der Waals surface area contributed by atoms with Crippen molar-refractivity contribution in [2.75, 3.05) is 26.4 Å². The first-order valence-electron chi connectivity index (χ1n) is 16.1. The van der Waals surface area contributed by atoms with Gasteiger partial charge in [-0.05, 0) is 0 Å². The van der Waals surface area contributed by atoms with Crippen LogP contribution in [0.2, 0.25) is 0 Å². The second-order valence-electron chi connectivity index (χ2n) is 12.7. The Labute approximate surface area is 289 Å². The Bertz CT molecular complexity index is 1140. The summed E-state index contributed by atoms with van der Waals surface area (Å²) in [6.45, 7) is -0.987. The van der Waals surface area contributed by atoms with Crippen molar-refractivity contribution in [3.63, 3.8) is 0 Å². The molecule has 51 heavy (non-hydrogen) atoms. The molecule has 20 atom stereocenters. The standard InChI is InChI=1S/C28H48N2O21/c1-7(34)29-13-18(39)23(50-27-21(42)19(40)15(36)9(3-31)47-27)11(5-33)49-26(13)45-6-12-17(38)24(14(25(44)46-12)30-8(2)35)51-28-22(43)20(41)16(37)10(4-32)48-28/h9-28,31-33,36-44H,3-6H2,1-2H3,(H,29,34)(H,30,35). The lowest BCUT2D eigenvalue weighted by atomic mass is 9.94. The normalized spacial score (nSPS) is 47.8. The van der Waals surface area contributed by atoms with Gasteiger partial charge in [0.25, 0.3) is 0 Å². The quantitative estimate of drug-likeness (QED) is 0.0881. The van der Waals surface area contributed by atoms with Crippen molar-refractivity contribution in [1.29, 1.82) is 0 Å².